The summed E-state index contributed by atoms with van der Waals surface area (Å²) in [6.45, 7) is 8.28. The lowest BCUT2D eigenvalue weighted by Gasteiger charge is -2.21. The van der Waals surface area contributed by atoms with Crippen molar-refractivity contribution in [2.45, 2.75) is 26.2 Å². The summed E-state index contributed by atoms with van der Waals surface area (Å²) in [5.74, 6) is 1.87. The van der Waals surface area contributed by atoms with Gasteiger partial charge in [-0.2, -0.15) is 0 Å². The molecule has 0 spiro atoms. The van der Waals surface area contributed by atoms with E-state index in [2.05, 4.69) is 41.0 Å². The fourth-order valence-corrected chi connectivity index (χ4v) is 2.24. The normalized spacial score (nSPS) is 10.7. The largest absolute Gasteiger partial charge is 0.494 e. The Morgan fingerprint density at radius 3 is 2.87 bits per heavy atom. The lowest BCUT2D eigenvalue weighted by Crippen LogP contribution is -2.40. The van der Waals surface area contributed by atoms with Crippen molar-refractivity contribution >= 4 is 29.9 Å². The SMILES string of the molecule is C=CCCCN(C)C(=NC)NCCc1cccc(OCC)c1.I. The molecule has 0 heterocycles. The highest BCUT2D eigenvalue weighted by Gasteiger charge is 2.04. The van der Waals surface area contributed by atoms with E-state index in [0.717, 1.165) is 44.1 Å². The number of aliphatic imine (C=N–C) groups is 1. The van der Waals surface area contributed by atoms with Crippen LogP contribution in [0.3, 0.4) is 0 Å². The van der Waals surface area contributed by atoms with Gasteiger partial charge in [-0.25, -0.2) is 0 Å². The van der Waals surface area contributed by atoms with E-state index in [9.17, 15) is 0 Å². The highest BCUT2D eigenvalue weighted by molar-refractivity contribution is 14.0. The summed E-state index contributed by atoms with van der Waals surface area (Å²) >= 11 is 0. The van der Waals surface area contributed by atoms with Gasteiger partial charge in [-0.3, -0.25) is 4.99 Å². The number of allylic oxidation sites excluding steroid dienone is 1. The van der Waals surface area contributed by atoms with E-state index >= 15 is 0 Å². The van der Waals surface area contributed by atoms with E-state index in [0.29, 0.717) is 6.61 Å². The fourth-order valence-electron chi connectivity index (χ4n) is 2.24. The molecule has 0 aliphatic carbocycles. The van der Waals surface area contributed by atoms with Crippen LogP contribution in [0.1, 0.15) is 25.3 Å². The van der Waals surface area contributed by atoms with Crippen LogP contribution in [-0.2, 0) is 6.42 Å². The van der Waals surface area contributed by atoms with Gasteiger partial charge in [0.15, 0.2) is 5.96 Å². The Morgan fingerprint density at radius 1 is 1.43 bits per heavy atom. The first-order valence-corrected chi connectivity index (χ1v) is 7.95. The molecule has 1 rings (SSSR count). The molecule has 0 bridgehead atoms. The van der Waals surface area contributed by atoms with Gasteiger partial charge in [-0.1, -0.05) is 18.2 Å². The molecule has 1 aromatic carbocycles. The number of hydrogen-bond acceptors (Lipinski definition) is 2. The first-order valence-electron chi connectivity index (χ1n) is 7.95. The molecule has 0 saturated heterocycles. The zero-order valence-electron chi connectivity index (χ0n) is 14.5. The average Bonchev–Trinajstić information content (AvgIpc) is 2.52. The van der Waals surface area contributed by atoms with Crippen molar-refractivity contribution in [3.8, 4) is 5.75 Å². The van der Waals surface area contributed by atoms with Gasteiger partial charge in [0.1, 0.15) is 5.75 Å². The number of benzene rings is 1. The molecule has 0 amide bonds. The van der Waals surface area contributed by atoms with E-state index in [1.807, 2.05) is 32.2 Å². The molecule has 0 unspecified atom stereocenters. The summed E-state index contributed by atoms with van der Waals surface area (Å²) < 4.78 is 5.53. The van der Waals surface area contributed by atoms with Gasteiger partial charge in [0.25, 0.3) is 0 Å². The van der Waals surface area contributed by atoms with Gasteiger partial charge in [0.2, 0.25) is 0 Å². The maximum absolute atomic E-state index is 5.53. The molecule has 0 saturated carbocycles. The van der Waals surface area contributed by atoms with Crippen molar-refractivity contribution in [2.24, 2.45) is 4.99 Å². The molecular formula is C18H30IN3O. The number of unbranched alkanes of at least 4 members (excludes halogenated alkanes) is 1. The molecule has 130 valence electrons. The molecule has 0 aliphatic heterocycles. The summed E-state index contributed by atoms with van der Waals surface area (Å²) in [6, 6.07) is 8.26. The van der Waals surface area contributed by atoms with Crippen LogP contribution in [0.25, 0.3) is 0 Å². The van der Waals surface area contributed by atoms with E-state index < -0.39 is 0 Å². The summed E-state index contributed by atoms with van der Waals surface area (Å²) in [5.41, 5.74) is 1.27. The van der Waals surface area contributed by atoms with Gasteiger partial charge in [0, 0.05) is 27.2 Å². The minimum absolute atomic E-state index is 0. The Bertz CT molecular complexity index is 477. The minimum Gasteiger partial charge on any atom is -0.494 e. The Kier molecular flexibility index (Phi) is 12.5. The van der Waals surface area contributed by atoms with Gasteiger partial charge in [-0.15, -0.1) is 30.6 Å². The molecule has 23 heavy (non-hydrogen) atoms. The molecular weight excluding hydrogens is 401 g/mol. The van der Waals surface area contributed by atoms with Gasteiger partial charge >= 0.3 is 0 Å². The number of ether oxygens (including phenoxy) is 1. The quantitative estimate of drug-likeness (QED) is 0.213. The van der Waals surface area contributed by atoms with Crippen LogP contribution in [0.2, 0.25) is 0 Å². The second kappa shape index (κ2) is 13.2. The maximum Gasteiger partial charge on any atom is 0.193 e. The predicted octanol–water partition coefficient (Wildman–Crippen LogP) is 3.72. The summed E-state index contributed by atoms with van der Waals surface area (Å²) in [6.07, 6.45) is 5.03. The van der Waals surface area contributed by atoms with E-state index in [1.54, 1.807) is 0 Å². The van der Waals surface area contributed by atoms with Crippen molar-refractivity contribution in [1.82, 2.24) is 10.2 Å². The molecule has 0 fully saturated rings. The van der Waals surface area contributed by atoms with Crippen LogP contribution in [-0.4, -0.2) is 44.7 Å². The van der Waals surface area contributed by atoms with Crippen LogP contribution >= 0.6 is 24.0 Å². The maximum atomic E-state index is 5.53. The highest BCUT2D eigenvalue weighted by atomic mass is 127. The molecule has 1 N–H and O–H groups in total. The second-order valence-corrected chi connectivity index (χ2v) is 5.16. The van der Waals surface area contributed by atoms with Crippen LogP contribution in [0.15, 0.2) is 41.9 Å². The lowest BCUT2D eigenvalue weighted by atomic mass is 10.1. The minimum atomic E-state index is 0. The number of nitrogens with zero attached hydrogens (tertiary/aromatic N) is 2. The van der Waals surface area contributed by atoms with Crippen molar-refractivity contribution in [3.05, 3.63) is 42.5 Å². The lowest BCUT2D eigenvalue weighted by molar-refractivity contribution is 0.340. The third kappa shape index (κ3) is 8.83. The van der Waals surface area contributed by atoms with Gasteiger partial charge in [-0.05, 0) is 43.9 Å². The molecule has 1 aromatic rings. The molecule has 0 radical (unpaired) electrons. The average molecular weight is 431 g/mol. The first-order chi connectivity index (χ1) is 10.7. The number of hydrogen-bond donors (Lipinski definition) is 1. The Labute approximate surface area is 158 Å². The van der Waals surface area contributed by atoms with Crippen molar-refractivity contribution in [2.75, 3.05) is 33.8 Å². The molecule has 0 aliphatic rings. The monoisotopic (exact) mass is 431 g/mol. The number of rotatable bonds is 9. The van der Waals surface area contributed by atoms with E-state index in [4.69, 9.17) is 4.74 Å². The molecule has 0 atom stereocenters. The second-order valence-electron chi connectivity index (χ2n) is 5.16. The number of nitrogens with one attached hydrogen (secondary N) is 1. The standard InChI is InChI=1S/C18H29N3O.HI/c1-5-7-8-14-21(4)18(19-3)20-13-12-16-10-9-11-17(15-16)22-6-2;/h5,9-11,15H,1,6-8,12-14H2,2-4H3,(H,19,20);1H. The summed E-state index contributed by atoms with van der Waals surface area (Å²) in [5, 5.41) is 3.41. The molecule has 0 aromatic heterocycles. The summed E-state index contributed by atoms with van der Waals surface area (Å²) in [7, 11) is 3.89. The molecule has 4 nitrogen and oxygen atoms in total. The Balaban J connectivity index is 0.00000484. The number of halogens is 1. The third-order valence-electron chi connectivity index (χ3n) is 3.38. The van der Waals surface area contributed by atoms with Gasteiger partial charge < -0.3 is 15.0 Å². The van der Waals surface area contributed by atoms with E-state index in [-0.39, 0.29) is 24.0 Å². The van der Waals surface area contributed by atoms with Crippen molar-refractivity contribution in [3.63, 3.8) is 0 Å². The topological polar surface area (TPSA) is 36.9 Å². The highest BCUT2D eigenvalue weighted by Crippen LogP contribution is 2.13. The van der Waals surface area contributed by atoms with Crippen molar-refractivity contribution in [1.29, 1.82) is 0 Å². The Morgan fingerprint density at radius 2 is 2.22 bits per heavy atom. The Hall–Kier alpha value is -1.24. The first kappa shape index (κ1) is 21.8. The predicted molar refractivity (Wildman–Crippen MR) is 110 cm³/mol. The third-order valence-corrected chi connectivity index (χ3v) is 3.38. The zero-order chi connectivity index (χ0) is 16.2. The van der Waals surface area contributed by atoms with E-state index in [1.165, 1.54) is 5.56 Å². The van der Waals surface area contributed by atoms with Crippen LogP contribution in [0.5, 0.6) is 5.75 Å². The zero-order valence-corrected chi connectivity index (χ0v) is 16.9. The van der Waals surface area contributed by atoms with Gasteiger partial charge in [0.05, 0.1) is 6.61 Å². The van der Waals surface area contributed by atoms with Crippen molar-refractivity contribution < 1.29 is 4.74 Å². The smallest absolute Gasteiger partial charge is 0.193 e. The number of guanidine groups is 1. The molecule has 5 heteroatoms. The fraction of sp³-hybridized carbons (Fsp3) is 0.500. The summed E-state index contributed by atoms with van der Waals surface area (Å²) in [4.78, 5) is 6.48. The van der Waals surface area contributed by atoms with Crippen LogP contribution in [0, 0.1) is 0 Å². The van der Waals surface area contributed by atoms with Crippen LogP contribution in [0.4, 0.5) is 0 Å². The van der Waals surface area contributed by atoms with Crippen LogP contribution < -0.4 is 10.1 Å².